The highest BCUT2D eigenvalue weighted by Crippen LogP contribution is 2.16. The summed E-state index contributed by atoms with van der Waals surface area (Å²) in [6.45, 7) is 3.96. The predicted octanol–water partition coefficient (Wildman–Crippen LogP) is 1.98. The summed E-state index contributed by atoms with van der Waals surface area (Å²) in [5.41, 5.74) is 1.20. The minimum atomic E-state index is -0.659. The van der Waals surface area contributed by atoms with Crippen molar-refractivity contribution in [3.8, 4) is 5.75 Å². The standard InChI is InChI=1S/C21H25N7O3S/c1-4-15-6-8-16(9-7-15)31-14(2)19(30)24-12-17-26-27-21(28(17)3)32-13-18(29)25-20-22-10-5-11-23-20/h5-11,14H,4,12-13H2,1-3H3,(H,24,30)(H,22,23,25,29)/t14-/m1/s1. The predicted molar refractivity (Wildman–Crippen MR) is 120 cm³/mol. The van der Waals surface area contributed by atoms with E-state index < -0.39 is 6.10 Å². The van der Waals surface area contributed by atoms with Crippen LogP contribution in [0, 0.1) is 0 Å². The number of hydrogen-bond donors (Lipinski definition) is 2. The third-order valence-electron chi connectivity index (χ3n) is 4.51. The van der Waals surface area contributed by atoms with E-state index in [4.69, 9.17) is 4.74 Å². The fraction of sp³-hybridized carbons (Fsp3) is 0.333. The molecule has 2 amide bonds. The van der Waals surface area contributed by atoms with Crippen LogP contribution < -0.4 is 15.4 Å². The summed E-state index contributed by atoms with van der Waals surface area (Å²) < 4.78 is 7.43. The van der Waals surface area contributed by atoms with E-state index in [1.54, 1.807) is 37.0 Å². The zero-order valence-electron chi connectivity index (χ0n) is 18.1. The number of nitrogens with one attached hydrogen (secondary N) is 2. The molecule has 0 bridgehead atoms. The number of aryl methyl sites for hydroxylation is 1. The van der Waals surface area contributed by atoms with Gasteiger partial charge in [-0.15, -0.1) is 10.2 Å². The fourth-order valence-corrected chi connectivity index (χ4v) is 3.38. The van der Waals surface area contributed by atoms with Crippen LogP contribution in [0.4, 0.5) is 5.95 Å². The topological polar surface area (TPSA) is 124 Å². The van der Waals surface area contributed by atoms with Crippen LogP contribution in [0.2, 0.25) is 0 Å². The molecular weight excluding hydrogens is 430 g/mol. The summed E-state index contributed by atoms with van der Waals surface area (Å²) in [5.74, 6) is 1.06. The number of ether oxygens (including phenoxy) is 1. The zero-order valence-corrected chi connectivity index (χ0v) is 18.9. The number of amides is 2. The maximum atomic E-state index is 12.4. The molecule has 0 aliphatic rings. The molecule has 2 heterocycles. The molecule has 0 fully saturated rings. The van der Waals surface area contributed by atoms with Crippen LogP contribution in [-0.2, 0) is 29.6 Å². The van der Waals surface area contributed by atoms with E-state index >= 15 is 0 Å². The van der Waals surface area contributed by atoms with Gasteiger partial charge in [-0.3, -0.25) is 14.9 Å². The Morgan fingerprint density at radius 2 is 1.88 bits per heavy atom. The maximum absolute atomic E-state index is 12.4. The van der Waals surface area contributed by atoms with Gasteiger partial charge in [0.25, 0.3) is 5.91 Å². The summed E-state index contributed by atoms with van der Waals surface area (Å²) >= 11 is 1.22. The van der Waals surface area contributed by atoms with E-state index in [2.05, 4.69) is 37.7 Å². The number of thioether (sulfide) groups is 1. The lowest BCUT2D eigenvalue weighted by Crippen LogP contribution is -2.36. The normalized spacial score (nSPS) is 11.6. The second-order valence-corrected chi connectivity index (χ2v) is 7.78. The first-order valence-electron chi connectivity index (χ1n) is 10.1. The number of anilines is 1. The molecule has 0 unspecified atom stereocenters. The van der Waals surface area contributed by atoms with Crippen LogP contribution in [0.3, 0.4) is 0 Å². The van der Waals surface area contributed by atoms with Crippen molar-refractivity contribution in [1.82, 2.24) is 30.0 Å². The van der Waals surface area contributed by atoms with Gasteiger partial charge in [0.1, 0.15) is 5.75 Å². The highest BCUT2D eigenvalue weighted by atomic mass is 32.2. The quantitative estimate of drug-likeness (QED) is 0.445. The molecule has 2 N–H and O–H groups in total. The van der Waals surface area contributed by atoms with E-state index in [-0.39, 0.29) is 30.1 Å². The van der Waals surface area contributed by atoms with Crippen molar-refractivity contribution in [3.63, 3.8) is 0 Å². The molecule has 0 radical (unpaired) electrons. The lowest BCUT2D eigenvalue weighted by atomic mass is 10.2. The van der Waals surface area contributed by atoms with Crippen molar-refractivity contribution in [3.05, 3.63) is 54.1 Å². The number of nitrogens with zero attached hydrogens (tertiary/aromatic N) is 5. The lowest BCUT2D eigenvalue weighted by molar-refractivity contribution is -0.127. The highest BCUT2D eigenvalue weighted by molar-refractivity contribution is 7.99. The van der Waals surface area contributed by atoms with Crippen molar-refractivity contribution in [2.24, 2.45) is 7.05 Å². The average Bonchev–Trinajstić information content (AvgIpc) is 3.16. The highest BCUT2D eigenvalue weighted by Gasteiger charge is 2.17. The molecule has 0 aliphatic carbocycles. The Bertz CT molecular complexity index is 1040. The Balaban J connectivity index is 1.46. The van der Waals surface area contributed by atoms with Crippen LogP contribution in [0.25, 0.3) is 0 Å². The van der Waals surface area contributed by atoms with Crippen molar-refractivity contribution < 1.29 is 14.3 Å². The van der Waals surface area contributed by atoms with Crippen molar-refractivity contribution in [2.45, 2.75) is 38.1 Å². The Morgan fingerprint density at radius 3 is 2.56 bits per heavy atom. The first kappa shape index (κ1) is 23.2. The van der Waals surface area contributed by atoms with Crippen LogP contribution in [0.1, 0.15) is 25.2 Å². The second-order valence-electron chi connectivity index (χ2n) is 6.84. The van der Waals surface area contributed by atoms with E-state index in [1.807, 2.05) is 24.3 Å². The molecule has 0 aliphatic heterocycles. The molecule has 3 aromatic rings. The van der Waals surface area contributed by atoms with Gasteiger partial charge in [-0.1, -0.05) is 30.8 Å². The van der Waals surface area contributed by atoms with Gasteiger partial charge in [-0.05, 0) is 37.1 Å². The molecule has 11 heteroatoms. The Hall–Kier alpha value is -3.47. The van der Waals surface area contributed by atoms with Crippen molar-refractivity contribution in [2.75, 3.05) is 11.1 Å². The third-order valence-corrected chi connectivity index (χ3v) is 5.53. The lowest BCUT2D eigenvalue weighted by Gasteiger charge is -2.15. The Labute approximate surface area is 190 Å². The van der Waals surface area contributed by atoms with E-state index in [1.165, 1.54) is 17.3 Å². The summed E-state index contributed by atoms with van der Waals surface area (Å²) in [7, 11) is 1.78. The van der Waals surface area contributed by atoms with Gasteiger partial charge in [-0.25, -0.2) is 9.97 Å². The van der Waals surface area contributed by atoms with E-state index in [0.29, 0.717) is 16.7 Å². The van der Waals surface area contributed by atoms with Gasteiger partial charge >= 0.3 is 0 Å². The largest absolute Gasteiger partial charge is 0.481 e. The minimum Gasteiger partial charge on any atom is -0.481 e. The molecule has 168 valence electrons. The van der Waals surface area contributed by atoms with Gasteiger partial charge in [0.2, 0.25) is 11.9 Å². The van der Waals surface area contributed by atoms with E-state index in [9.17, 15) is 9.59 Å². The molecule has 1 atom stereocenters. The SMILES string of the molecule is CCc1ccc(O[C@H](C)C(=O)NCc2nnc(SCC(=O)Nc3ncccn3)n2C)cc1. The van der Waals surface area contributed by atoms with Crippen LogP contribution in [-0.4, -0.2) is 48.4 Å². The number of rotatable bonds is 10. The van der Waals surface area contributed by atoms with Crippen molar-refractivity contribution >= 4 is 29.5 Å². The fourth-order valence-electron chi connectivity index (χ4n) is 2.65. The van der Waals surface area contributed by atoms with Gasteiger partial charge in [0.15, 0.2) is 17.1 Å². The summed E-state index contributed by atoms with van der Waals surface area (Å²) in [6, 6.07) is 9.34. The van der Waals surface area contributed by atoms with Crippen LogP contribution >= 0.6 is 11.8 Å². The molecule has 0 spiro atoms. The average molecular weight is 456 g/mol. The molecule has 10 nitrogen and oxygen atoms in total. The molecule has 3 rings (SSSR count). The van der Waals surface area contributed by atoms with Crippen LogP contribution in [0.15, 0.2) is 47.9 Å². The third kappa shape index (κ3) is 6.51. The van der Waals surface area contributed by atoms with Crippen molar-refractivity contribution in [1.29, 1.82) is 0 Å². The first-order chi connectivity index (χ1) is 15.5. The number of carbonyl (C=O) groups excluding carboxylic acids is 2. The minimum absolute atomic E-state index is 0.123. The summed E-state index contributed by atoms with van der Waals surface area (Å²) in [4.78, 5) is 32.3. The molecule has 32 heavy (non-hydrogen) atoms. The summed E-state index contributed by atoms with van der Waals surface area (Å²) in [5, 5.41) is 14.1. The maximum Gasteiger partial charge on any atom is 0.261 e. The second kappa shape index (κ2) is 11.2. The number of benzene rings is 1. The number of hydrogen-bond acceptors (Lipinski definition) is 8. The Kier molecular flexibility index (Phi) is 8.14. The molecular formula is C21H25N7O3S. The monoisotopic (exact) mass is 455 g/mol. The Morgan fingerprint density at radius 1 is 1.16 bits per heavy atom. The molecule has 0 saturated carbocycles. The van der Waals surface area contributed by atoms with Crippen LogP contribution in [0.5, 0.6) is 5.75 Å². The van der Waals surface area contributed by atoms with Gasteiger partial charge < -0.3 is 14.6 Å². The summed E-state index contributed by atoms with van der Waals surface area (Å²) in [6.07, 6.45) is 3.38. The number of carbonyl (C=O) groups is 2. The zero-order chi connectivity index (χ0) is 22.9. The van der Waals surface area contributed by atoms with Gasteiger partial charge in [-0.2, -0.15) is 0 Å². The molecule has 0 saturated heterocycles. The smallest absolute Gasteiger partial charge is 0.261 e. The van der Waals surface area contributed by atoms with Gasteiger partial charge in [0.05, 0.1) is 12.3 Å². The molecule has 1 aromatic carbocycles. The van der Waals surface area contributed by atoms with E-state index in [0.717, 1.165) is 6.42 Å². The molecule has 2 aromatic heterocycles. The number of aromatic nitrogens is 5. The van der Waals surface area contributed by atoms with Gasteiger partial charge in [0, 0.05) is 19.4 Å². The first-order valence-corrected chi connectivity index (χ1v) is 11.1.